The maximum Gasteiger partial charge on any atom is 0.326 e. The molecule has 3 aromatic rings. The van der Waals surface area contributed by atoms with E-state index >= 15 is 0 Å². The molecule has 1 N–H and O–H groups in total. The molecule has 0 bridgehead atoms. The van der Waals surface area contributed by atoms with Gasteiger partial charge >= 0.3 is 5.97 Å². The second-order valence-corrected chi connectivity index (χ2v) is 5.51. The number of ether oxygens (including phenoxy) is 1. The molecule has 0 unspecified atom stereocenters. The van der Waals surface area contributed by atoms with Crippen molar-refractivity contribution in [1.29, 1.82) is 0 Å². The van der Waals surface area contributed by atoms with Gasteiger partial charge in [-0.05, 0) is 25.1 Å². The molecule has 0 fully saturated rings. The van der Waals surface area contributed by atoms with Crippen LogP contribution in [0.25, 0.3) is 10.9 Å². The molecule has 1 atom stereocenters. The van der Waals surface area contributed by atoms with Crippen LogP contribution < -0.4 is 10.5 Å². The van der Waals surface area contributed by atoms with E-state index < -0.39 is 12.1 Å². The van der Waals surface area contributed by atoms with E-state index in [1.165, 1.54) is 0 Å². The standard InChI is InChI=1S/C17H17N5O3/c1-11(15-20-13-7-4-3-6-12(13)16(24)21-15)25-14(23)10-22(2)17-18-8-5-9-19-17/h3-9,11H,10H2,1-2H3,(H,20,21,24)/t11-/m0/s1. The van der Waals surface area contributed by atoms with Crippen LogP contribution in [-0.4, -0.2) is 39.5 Å². The average molecular weight is 339 g/mol. The molecule has 0 saturated carbocycles. The van der Waals surface area contributed by atoms with Gasteiger partial charge in [0, 0.05) is 19.4 Å². The van der Waals surface area contributed by atoms with Crippen LogP contribution in [0.3, 0.4) is 0 Å². The highest BCUT2D eigenvalue weighted by atomic mass is 16.5. The number of fused-ring (bicyclic) bond motifs is 1. The first-order valence-electron chi connectivity index (χ1n) is 7.71. The number of H-pyrrole nitrogens is 1. The van der Waals surface area contributed by atoms with Gasteiger partial charge in [-0.15, -0.1) is 0 Å². The molecule has 8 nitrogen and oxygen atoms in total. The molecule has 2 aromatic heterocycles. The van der Waals surface area contributed by atoms with Gasteiger partial charge in [0.1, 0.15) is 6.54 Å². The molecule has 0 aliphatic rings. The van der Waals surface area contributed by atoms with Crippen LogP contribution in [0.4, 0.5) is 5.95 Å². The summed E-state index contributed by atoms with van der Waals surface area (Å²) in [7, 11) is 1.69. The quantitative estimate of drug-likeness (QED) is 0.702. The highest BCUT2D eigenvalue weighted by Gasteiger charge is 2.17. The number of nitrogens with one attached hydrogen (secondary N) is 1. The number of esters is 1. The van der Waals surface area contributed by atoms with E-state index in [4.69, 9.17) is 4.74 Å². The number of hydrogen-bond acceptors (Lipinski definition) is 7. The summed E-state index contributed by atoms with van der Waals surface area (Å²) in [5.41, 5.74) is 0.289. The van der Waals surface area contributed by atoms with Gasteiger partial charge in [-0.25, -0.2) is 15.0 Å². The number of carbonyl (C=O) groups excluding carboxylic acids is 1. The van der Waals surface area contributed by atoms with Gasteiger partial charge in [0.25, 0.3) is 5.56 Å². The largest absolute Gasteiger partial charge is 0.453 e. The lowest BCUT2D eigenvalue weighted by Crippen LogP contribution is -2.29. The second kappa shape index (κ2) is 7.08. The number of benzene rings is 1. The molecule has 128 valence electrons. The third-order valence-electron chi connectivity index (χ3n) is 3.58. The van der Waals surface area contributed by atoms with Crippen LogP contribution >= 0.6 is 0 Å². The van der Waals surface area contributed by atoms with Gasteiger partial charge in [0.15, 0.2) is 11.9 Å². The molecule has 1 aromatic carbocycles. The molecule has 0 spiro atoms. The van der Waals surface area contributed by atoms with Crippen LogP contribution in [0, 0.1) is 0 Å². The van der Waals surface area contributed by atoms with E-state index in [-0.39, 0.29) is 12.1 Å². The topological polar surface area (TPSA) is 101 Å². The van der Waals surface area contributed by atoms with Gasteiger partial charge in [-0.1, -0.05) is 12.1 Å². The number of carbonyl (C=O) groups is 1. The van der Waals surface area contributed by atoms with Crippen molar-refractivity contribution in [3.8, 4) is 0 Å². The normalized spacial score (nSPS) is 11.9. The predicted octanol–water partition coefficient (Wildman–Crippen LogP) is 1.45. The van der Waals surface area contributed by atoms with Crippen molar-refractivity contribution in [3.63, 3.8) is 0 Å². The lowest BCUT2D eigenvalue weighted by molar-refractivity contribution is -0.147. The smallest absolute Gasteiger partial charge is 0.326 e. The molecule has 25 heavy (non-hydrogen) atoms. The average Bonchev–Trinajstić information content (AvgIpc) is 2.62. The molecule has 0 saturated heterocycles. The van der Waals surface area contributed by atoms with Crippen molar-refractivity contribution in [2.45, 2.75) is 13.0 Å². The Labute approximate surface area is 143 Å². The van der Waals surface area contributed by atoms with Gasteiger partial charge < -0.3 is 14.6 Å². The second-order valence-electron chi connectivity index (χ2n) is 5.51. The first-order chi connectivity index (χ1) is 12.0. The summed E-state index contributed by atoms with van der Waals surface area (Å²) in [5, 5.41) is 0.491. The van der Waals surface area contributed by atoms with Crippen molar-refractivity contribution < 1.29 is 9.53 Å². The highest BCUT2D eigenvalue weighted by Crippen LogP contribution is 2.14. The highest BCUT2D eigenvalue weighted by molar-refractivity contribution is 5.77. The Morgan fingerprint density at radius 1 is 1.24 bits per heavy atom. The van der Waals surface area contributed by atoms with E-state index in [1.807, 2.05) is 0 Å². The zero-order valence-electron chi connectivity index (χ0n) is 13.8. The maximum atomic E-state index is 12.1. The van der Waals surface area contributed by atoms with Crippen LogP contribution in [0.2, 0.25) is 0 Å². The molecule has 0 aliphatic carbocycles. The fourth-order valence-electron chi connectivity index (χ4n) is 2.34. The Bertz CT molecular complexity index is 942. The van der Waals surface area contributed by atoms with Crippen molar-refractivity contribution in [3.05, 3.63) is 58.9 Å². The summed E-state index contributed by atoms with van der Waals surface area (Å²) in [6.07, 6.45) is 2.50. The number of aromatic nitrogens is 4. The van der Waals surface area contributed by atoms with Crippen LogP contribution in [0.5, 0.6) is 0 Å². The van der Waals surface area contributed by atoms with E-state index in [0.717, 1.165) is 0 Å². The Morgan fingerprint density at radius 2 is 1.96 bits per heavy atom. The molecular formula is C17H17N5O3. The van der Waals surface area contributed by atoms with E-state index in [0.29, 0.717) is 22.7 Å². The number of nitrogens with zero attached hydrogens (tertiary/aromatic N) is 4. The van der Waals surface area contributed by atoms with Gasteiger partial charge in [-0.2, -0.15) is 0 Å². The lowest BCUT2D eigenvalue weighted by Gasteiger charge is -2.18. The first-order valence-corrected chi connectivity index (χ1v) is 7.71. The summed E-state index contributed by atoms with van der Waals surface area (Å²) >= 11 is 0. The summed E-state index contributed by atoms with van der Waals surface area (Å²) in [4.78, 5) is 40.9. The summed E-state index contributed by atoms with van der Waals surface area (Å²) in [6, 6.07) is 8.69. The van der Waals surface area contributed by atoms with Gasteiger partial charge in [0.05, 0.1) is 10.9 Å². The summed E-state index contributed by atoms with van der Waals surface area (Å²) in [5.74, 6) is 0.248. The fraction of sp³-hybridized carbons (Fsp3) is 0.235. The zero-order valence-corrected chi connectivity index (χ0v) is 13.8. The Morgan fingerprint density at radius 3 is 2.72 bits per heavy atom. The monoisotopic (exact) mass is 339 g/mol. The molecule has 8 heteroatoms. The Kier molecular flexibility index (Phi) is 4.69. The minimum Gasteiger partial charge on any atom is -0.453 e. The van der Waals surface area contributed by atoms with Crippen LogP contribution in [0.1, 0.15) is 18.9 Å². The molecule has 0 amide bonds. The van der Waals surface area contributed by atoms with Gasteiger partial charge in [-0.3, -0.25) is 9.59 Å². The first kappa shape index (κ1) is 16.6. The van der Waals surface area contributed by atoms with E-state index in [2.05, 4.69) is 19.9 Å². The van der Waals surface area contributed by atoms with Crippen molar-refractivity contribution in [2.24, 2.45) is 0 Å². The lowest BCUT2D eigenvalue weighted by atomic mass is 10.2. The number of para-hydroxylation sites is 1. The summed E-state index contributed by atoms with van der Waals surface area (Å²) in [6.45, 7) is 1.64. The van der Waals surface area contributed by atoms with Crippen molar-refractivity contribution in [2.75, 3.05) is 18.5 Å². The molecule has 2 heterocycles. The number of aromatic amines is 1. The van der Waals surface area contributed by atoms with Crippen molar-refractivity contribution in [1.82, 2.24) is 19.9 Å². The molecular weight excluding hydrogens is 322 g/mol. The molecule has 0 radical (unpaired) electrons. The number of likely N-dealkylation sites (N-methyl/N-ethyl adjacent to an activating group) is 1. The fourth-order valence-corrected chi connectivity index (χ4v) is 2.34. The maximum absolute atomic E-state index is 12.1. The molecule has 3 rings (SSSR count). The number of rotatable bonds is 5. The minimum absolute atomic E-state index is 0.0217. The van der Waals surface area contributed by atoms with E-state index in [9.17, 15) is 9.59 Å². The van der Waals surface area contributed by atoms with Crippen LogP contribution in [0.15, 0.2) is 47.5 Å². The predicted molar refractivity (Wildman–Crippen MR) is 92.2 cm³/mol. The Hall–Kier alpha value is -3.29. The third-order valence-corrected chi connectivity index (χ3v) is 3.58. The van der Waals surface area contributed by atoms with E-state index in [1.54, 1.807) is 61.6 Å². The number of hydrogen-bond donors (Lipinski definition) is 1. The van der Waals surface area contributed by atoms with Gasteiger partial charge in [0.2, 0.25) is 5.95 Å². The number of anilines is 1. The SMILES string of the molecule is C[C@H](OC(=O)CN(C)c1ncccn1)c1nc2ccccc2c(=O)[nH]1. The third kappa shape index (κ3) is 3.79. The van der Waals surface area contributed by atoms with Crippen LogP contribution in [-0.2, 0) is 9.53 Å². The zero-order chi connectivity index (χ0) is 17.8. The Balaban J connectivity index is 1.70. The molecule has 0 aliphatic heterocycles. The minimum atomic E-state index is -0.685. The van der Waals surface area contributed by atoms with Crippen molar-refractivity contribution >= 4 is 22.8 Å². The summed E-state index contributed by atoms with van der Waals surface area (Å²) < 4.78 is 5.36.